The molecule has 1 saturated carbocycles. The summed E-state index contributed by atoms with van der Waals surface area (Å²) in [5, 5.41) is 4.98. The minimum absolute atomic E-state index is 0.0734. The molecule has 4 rings (SSSR count). The van der Waals surface area contributed by atoms with Crippen LogP contribution in [0.3, 0.4) is 0 Å². The molecule has 0 aromatic heterocycles. The number of hydrogen-bond donors (Lipinski definition) is 1. The van der Waals surface area contributed by atoms with Crippen LogP contribution in [0.5, 0.6) is 0 Å². The van der Waals surface area contributed by atoms with Gasteiger partial charge in [0, 0.05) is 28.4 Å². The molecule has 2 unspecified atom stereocenters. The summed E-state index contributed by atoms with van der Waals surface area (Å²) in [7, 11) is 0. The van der Waals surface area contributed by atoms with E-state index in [0.29, 0.717) is 13.0 Å². The first-order valence-corrected chi connectivity index (χ1v) is 11.8. The number of hydrogen-bond acceptors (Lipinski definition) is 2. The van der Waals surface area contributed by atoms with E-state index in [1.807, 2.05) is 19.1 Å². The Kier molecular flexibility index (Phi) is 6.27. The Hall–Kier alpha value is -1.37. The van der Waals surface area contributed by atoms with E-state index in [9.17, 15) is 18.0 Å². The molecule has 2 aliphatic carbocycles. The number of allylic oxidation sites excluding steroid dienone is 3. The summed E-state index contributed by atoms with van der Waals surface area (Å²) < 4.78 is 40.8. The van der Waals surface area contributed by atoms with Crippen molar-refractivity contribution in [2.75, 3.05) is 6.54 Å². The summed E-state index contributed by atoms with van der Waals surface area (Å²) in [6.07, 6.45) is 1.82. The van der Waals surface area contributed by atoms with Crippen LogP contribution in [0.4, 0.5) is 13.2 Å². The van der Waals surface area contributed by atoms with Gasteiger partial charge in [-0.2, -0.15) is 13.2 Å². The molecule has 0 bridgehead atoms. The van der Waals surface area contributed by atoms with Crippen molar-refractivity contribution >= 4 is 40.9 Å². The minimum Gasteiger partial charge on any atom is -0.352 e. The average Bonchev–Trinajstić information content (AvgIpc) is 3.43. The molecular weight excluding hydrogens is 466 g/mol. The maximum atomic E-state index is 14.3. The number of carbonyl (C=O) groups is 1. The molecule has 0 radical (unpaired) electrons. The average molecular weight is 488 g/mol. The highest BCUT2D eigenvalue weighted by Crippen LogP contribution is 2.60. The number of carbonyl (C=O) groups excluding carboxylic acids is 1. The zero-order valence-electron chi connectivity index (χ0n) is 16.9. The van der Waals surface area contributed by atoms with E-state index in [4.69, 9.17) is 23.2 Å². The van der Waals surface area contributed by atoms with Crippen molar-refractivity contribution in [3.8, 4) is 0 Å². The smallest absolute Gasteiger partial charge is 0.352 e. The van der Waals surface area contributed by atoms with E-state index in [2.05, 4.69) is 5.32 Å². The van der Waals surface area contributed by atoms with Crippen LogP contribution in [-0.4, -0.2) is 18.6 Å². The van der Waals surface area contributed by atoms with Gasteiger partial charge >= 0.3 is 6.18 Å². The van der Waals surface area contributed by atoms with Crippen LogP contribution in [0.2, 0.25) is 10.0 Å². The van der Waals surface area contributed by atoms with Crippen molar-refractivity contribution in [1.29, 1.82) is 0 Å². The van der Waals surface area contributed by atoms with E-state index < -0.39 is 10.9 Å². The van der Waals surface area contributed by atoms with Gasteiger partial charge in [0.2, 0.25) is 5.91 Å². The summed E-state index contributed by atoms with van der Waals surface area (Å²) >= 11 is 12.8. The fraction of sp³-hybridized carbons (Fsp3) is 0.435. The number of alkyl halides is 3. The van der Waals surface area contributed by atoms with Crippen molar-refractivity contribution in [2.24, 2.45) is 11.8 Å². The third-order valence-electron chi connectivity index (χ3n) is 6.13. The highest BCUT2D eigenvalue weighted by Gasteiger charge is 2.59. The molecule has 8 heteroatoms. The molecule has 0 saturated heterocycles. The van der Waals surface area contributed by atoms with Crippen LogP contribution in [0.15, 0.2) is 52.5 Å². The van der Waals surface area contributed by atoms with Gasteiger partial charge in [0.25, 0.3) is 0 Å². The van der Waals surface area contributed by atoms with E-state index in [0.717, 1.165) is 41.3 Å². The Balaban J connectivity index is 1.49. The van der Waals surface area contributed by atoms with Gasteiger partial charge in [-0.25, -0.2) is 0 Å². The first kappa shape index (κ1) is 22.8. The molecule has 2 atom stereocenters. The monoisotopic (exact) mass is 487 g/mol. The minimum atomic E-state index is -4.47. The van der Waals surface area contributed by atoms with Crippen molar-refractivity contribution in [2.45, 2.75) is 43.5 Å². The first-order chi connectivity index (χ1) is 14.6. The lowest BCUT2D eigenvalue weighted by Gasteiger charge is -2.33. The SMILES string of the molecule is CC1=C(CNC(=O)C2CC2)C=CC(C2=CSC(c3cc(Cl)cc(Cl)c3)(C(F)(F)F)C2)C1. The zero-order chi connectivity index (χ0) is 22.4. The Labute approximate surface area is 193 Å². The van der Waals surface area contributed by atoms with Crippen molar-refractivity contribution in [1.82, 2.24) is 5.32 Å². The van der Waals surface area contributed by atoms with Crippen LogP contribution in [-0.2, 0) is 9.54 Å². The van der Waals surface area contributed by atoms with Gasteiger partial charge in [0.1, 0.15) is 4.75 Å². The summed E-state index contributed by atoms with van der Waals surface area (Å²) in [6, 6.07) is 4.15. The molecule has 0 spiro atoms. The van der Waals surface area contributed by atoms with Gasteiger partial charge in [-0.15, -0.1) is 11.8 Å². The summed E-state index contributed by atoms with van der Waals surface area (Å²) in [5.74, 6) is 0.132. The predicted molar refractivity (Wildman–Crippen MR) is 120 cm³/mol. The normalized spacial score (nSPS) is 26.3. The number of nitrogens with one attached hydrogen (secondary N) is 1. The Morgan fingerprint density at radius 3 is 2.48 bits per heavy atom. The predicted octanol–water partition coefficient (Wildman–Crippen LogP) is 7.19. The quantitative estimate of drug-likeness (QED) is 0.475. The second-order valence-corrected chi connectivity index (χ2v) is 10.5. The fourth-order valence-corrected chi connectivity index (χ4v) is 5.87. The standard InChI is InChI=1S/C23H22Cl2F3NOS/c1-13-6-15(4-5-16(13)11-29-21(30)14-2-3-14)17-10-22(31-12-17,23(26,27)28)18-7-19(24)9-20(25)8-18/h4-5,7-9,12,14-15H,2-3,6,10-11H2,1H3,(H,29,30). The number of thioether (sulfide) groups is 1. The van der Waals surface area contributed by atoms with Crippen LogP contribution in [0, 0.1) is 11.8 Å². The molecule has 1 aromatic carbocycles. The third-order valence-corrected chi connectivity index (χ3v) is 8.00. The fourth-order valence-electron chi connectivity index (χ4n) is 4.09. The lowest BCUT2D eigenvalue weighted by molar-refractivity contribution is -0.161. The summed E-state index contributed by atoms with van der Waals surface area (Å²) in [4.78, 5) is 11.9. The molecule has 166 valence electrons. The highest BCUT2D eigenvalue weighted by molar-refractivity contribution is 8.03. The van der Waals surface area contributed by atoms with Gasteiger partial charge < -0.3 is 5.32 Å². The molecule has 31 heavy (non-hydrogen) atoms. The molecule has 1 heterocycles. The number of amides is 1. The molecule has 2 nitrogen and oxygen atoms in total. The third kappa shape index (κ3) is 4.71. The van der Waals surface area contributed by atoms with Crippen molar-refractivity contribution in [3.63, 3.8) is 0 Å². The highest BCUT2D eigenvalue weighted by atomic mass is 35.5. The molecule has 1 fully saturated rings. The molecule has 1 aromatic rings. The van der Waals surface area contributed by atoms with Gasteiger partial charge in [0.05, 0.1) is 0 Å². The second-order valence-electron chi connectivity index (χ2n) is 8.44. The Morgan fingerprint density at radius 2 is 1.90 bits per heavy atom. The number of rotatable bonds is 5. The van der Waals surface area contributed by atoms with E-state index >= 15 is 0 Å². The summed E-state index contributed by atoms with van der Waals surface area (Å²) in [5.41, 5.74) is 2.93. The van der Waals surface area contributed by atoms with E-state index in [1.54, 1.807) is 5.41 Å². The van der Waals surface area contributed by atoms with Crippen LogP contribution >= 0.6 is 35.0 Å². The van der Waals surface area contributed by atoms with E-state index in [1.165, 1.54) is 18.2 Å². The van der Waals surface area contributed by atoms with Gasteiger partial charge in [-0.05, 0) is 67.4 Å². The largest absolute Gasteiger partial charge is 0.407 e. The molecule has 1 N–H and O–H groups in total. The lowest BCUT2D eigenvalue weighted by atomic mass is 9.80. The van der Waals surface area contributed by atoms with Crippen LogP contribution in [0.25, 0.3) is 0 Å². The number of benzene rings is 1. The molecule has 3 aliphatic rings. The molecule has 1 amide bonds. The van der Waals surface area contributed by atoms with E-state index in [-0.39, 0.29) is 39.8 Å². The summed E-state index contributed by atoms with van der Waals surface area (Å²) in [6.45, 7) is 2.44. The zero-order valence-corrected chi connectivity index (χ0v) is 19.2. The maximum absolute atomic E-state index is 14.3. The maximum Gasteiger partial charge on any atom is 0.407 e. The van der Waals surface area contributed by atoms with Crippen LogP contribution in [0.1, 0.15) is 38.2 Å². The van der Waals surface area contributed by atoms with Gasteiger partial charge in [-0.1, -0.05) is 46.5 Å². The molecular formula is C23H22Cl2F3NOS. The first-order valence-electron chi connectivity index (χ1n) is 10.1. The second kappa shape index (κ2) is 8.53. The number of halogens is 5. The van der Waals surface area contributed by atoms with Crippen LogP contribution < -0.4 is 5.32 Å². The lowest BCUT2D eigenvalue weighted by Crippen LogP contribution is -2.38. The Bertz CT molecular complexity index is 977. The van der Waals surface area contributed by atoms with Crippen molar-refractivity contribution < 1.29 is 18.0 Å². The van der Waals surface area contributed by atoms with Crippen molar-refractivity contribution in [3.05, 3.63) is 68.1 Å². The van der Waals surface area contributed by atoms with Gasteiger partial charge in [0.15, 0.2) is 0 Å². The molecule has 1 aliphatic heterocycles. The topological polar surface area (TPSA) is 29.1 Å². The van der Waals surface area contributed by atoms with Gasteiger partial charge in [-0.3, -0.25) is 4.79 Å². The Morgan fingerprint density at radius 1 is 1.23 bits per heavy atom.